The lowest BCUT2D eigenvalue weighted by Crippen LogP contribution is -2.48. The van der Waals surface area contributed by atoms with Crippen molar-refractivity contribution in [2.45, 2.75) is 58.8 Å². The Kier molecular flexibility index (Phi) is 8.38. The maximum Gasteiger partial charge on any atom is 0.238 e. The maximum absolute atomic E-state index is 12.0. The largest absolute Gasteiger partial charge is 0.326 e. The van der Waals surface area contributed by atoms with Crippen LogP contribution >= 0.6 is 12.2 Å². The molecule has 8 heteroatoms. The van der Waals surface area contributed by atoms with Crippen LogP contribution in [0.4, 0.5) is 5.69 Å². The predicted molar refractivity (Wildman–Crippen MR) is 112 cm³/mol. The summed E-state index contributed by atoms with van der Waals surface area (Å²) in [4.78, 5) is 35.7. The molecule has 2 rings (SSSR count). The minimum absolute atomic E-state index is 0.00229. The number of carbonyl (C=O) groups excluding carboxylic acids is 3. The van der Waals surface area contributed by atoms with Crippen LogP contribution in [0.3, 0.4) is 0 Å². The van der Waals surface area contributed by atoms with E-state index in [1.165, 1.54) is 12.8 Å². The van der Waals surface area contributed by atoms with E-state index in [-0.39, 0.29) is 35.7 Å². The molecule has 0 saturated heterocycles. The summed E-state index contributed by atoms with van der Waals surface area (Å²) in [6.45, 7) is 3.97. The fourth-order valence-electron chi connectivity index (χ4n) is 3.14. The second-order valence-electron chi connectivity index (χ2n) is 7.25. The van der Waals surface area contributed by atoms with E-state index in [2.05, 4.69) is 21.5 Å². The summed E-state index contributed by atoms with van der Waals surface area (Å²) in [5, 5.41) is 5.38. The Morgan fingerprint density at radius 3 is 2.32 bits per heavy atom. The highest BCUT2D eigenvalue weighted by atomic mass is 32.1. The zero-order valence-corrected chi connectivity index (χ0v) is 17.2. The first kappa shape index (κ1) is 21.8. The molecule has 1 aliphatic carbocycles. The molecule has 0 heterocycles. The lowest BCUT2D eigenvalue weighted by Gasteiger charge is -2.12. The summed E-state index contributed by atoms with van der Waals surface area (Å²) in [7, 11) is 0. The molecule has 1 aromatic rings. The first-order valence-electron chi connectivity index (χ1n) is 9.59. The number of hydrogen-bond acceptors (Lipinski definition) is 4. The molecule has 0 aromatic heterocycles. The molecule has 1 fully saturated rings. The van der Waals surface area contributed by atoms with Crippen LogP contribution in [0, 0.1) is 19.8 Å². The highest BCUT2D eigenvalue weighted by molar-refractivity contribution is 7.80. The first-order chi connectivity index (χ1) is 13.3. The molecule has 1 aromatic carbocycles. The average Bonchev–Trinajstić information content (AvgIpc) is 3.14. The van der Waals surface area contributed by atoms with Gasteiger partial charge >= 0.3 is 0 Å². The molecule has 0 radical (unpaired) electrons. The Bertz CT molecular complexity index is 745. The third-order valence-corrected chi connectivity index (χ3v) is 5.09. The highest BCUT2D eigenvalue weighted by Crippen LogP contribution is 2.27. The van der Waals surface area contributed by atoms with E-state index in [4.69, 9.17) is 12.2 Å². The first-order valence-corrected chi connectivity index (χ1v) is 10.00. The summed E-state index contributed by atoms with van der Waals surface area (Å²) in [5.74, 6) is -0.354. The Balaban J connectivity index is 1.61. The average molecular weight is 405 g/mol. The number of amides is 3. The molecule has 1 aliphatic rings. The van der Waals surface area contributed by atoms with Crippen LogP contribution in [-0.2, 0) is 14.4 Å². The van der Waals surface area contributed by atoms with Gasteiger partial charge in [-0.1, -0.05) is 18.9 Å². The zero-order chi connectivity index (χ0) is 20.5. The molecular formula is C20H28N4O3S. The molecular weight excluding hydrogens is 376 g/mol. The number of hydrogen-bond donors (Lipinski definition) is 4. The van der Waals surface area contributed by atoms with E-state index in [9.17, 15) is 14.4 Å². The summed E-state index contributed by atoms with van der Waals surface area (Å²) in [5.41, 5.74) is 7.83. The van der Waals surface area contributed by atoms with Gasteiger partial charge in [0.05, 0.1) is 0 Å². The SMILES string of the molecule is Cc1ccc(NC(=O)CCC(=O)NNC(=S)NC(=O)CC2CCCC2)cc1C. The summed E-state index contributed by atoms with van der Waals surface area (Å²) < 4.78 is 0. The standard InChI is InChI=1S/C20H28N4O3S/c1-13-7-8-16(11-14(13)2)21-17(25)9-10-18(26)23-24-20(28)22-19(27)12-15-5-3-4-6-15/h7-8,11,15H,3-6,9-10,12H2,1-2H3,(H,21,25)(H,23,26)(H2,22,24,27,28). The van der Waals surface area contributed by atoms with Crippen LogP contribution in [0.25, 0.3) is 0 Å². The lowest BCUT2D eigenvalue weighted by atomic mass is 10.0. The number of nitrogens with one attached hydrogen (secondary N) is 4. The third kappa shape index (κ3) is 7.64. The van der Waals surface area contributed by atoms with Crippen LogP contribution in [0.5, 0.6) is 0 Å². The van der Waals surface area contributed by atoms with E-state index < -0.39 is 0 Å². The molecule has 4 N–H and O–H groups in total. The number of aryl methyl sites for hydroxylation is 2. The molecule has 28 heavy (non-hydrogen) atoms. The second kappa shape index (κ2) is 10.8. The smallest absolute Gasteiger partial charge is 0.238 e. The van der Waals surface area contributed by atoms with E-state index >= 15 is 0 Å². The fraction of sp³-hybridized carbons (Fsp3) is 0.500. The van der Waals surface area contributed by atoms with Crippen molar-refractivity contribution < 1.29 is 14.4 Å². The minimum atomic E-state index is -0.386. The second-order valence-corrected chi connectivity index (χ2v) is 7.66. The maximum atomic E-state index is 12.0. The molecule has 3 amide bonds. The monoisotopic (exact) mass is 404 g/mol. The molecule has 1 saturated carbocycles. The molecule has 7 nitrogen and oxygen atoms in total. The van der Waals surface area contributed by atoms with Crippen LogP contribution in [0.2, 0.25) is 0 Å². The van der Waals surface area contributed by atoms with Crippen molar-refractivity contribution in [2.75, 3.05) is 5.32 Å². The molecule has 152 valence electrons. The van der Waals surface area contributed by atoms with Crippen molar-refractivity contribution in [1.82, 2.24) is 16.2 Å². The predicted octanol–water partition coefficient (Wildman–Crippen LogP) is 2.62. The van der Waals surface area contributed by atoms with Gasteiger partial charge in [-0.05, 0) is 68.1 Å². The Morgan fingerprint density at radius 2 is 1.64 bits per heavy atom. The Labute approximate surface area is 171 Å². The van der Waals surface area contributed by atoms with Gasteiger partial charge in [0.2, 0.25) is 17.7 Å². The highest BCUT2D eigenvalue weighted by Gasteiger charge is 2.19. The van der Waals surface area contributed by atoms with E-state index in [0.717, 1.165) is 24.0 Å². The number of rotatable bonds is 6. The van der Waals surface area contributed by atoms with Crippen LogP contribution in [0.1, 0.15) is 56.1 Å². The van der Waals surface area contributed by atoms with Gasteiger partial charge in [0.25, 0.3) is 0 Å². The van der Waals surface area contributed by atoms with Gasteiger partial charge in [-0.15, -0.1) is 0 Å². The van der Waals surface area contributed by atoms with Gasteiger partial charge < -0.3 is 10.6 Å². The molecule has 0 bridgehead atoms. The van der Waals surface area contributed by atoms with Crippen LogP contribution < -0.4 is 21.5 Å². The molecule has 0 aliphatic heterocycles. The summed E-state index contributed by atoms with van der Waals surface area (Å²) in [6.07, 6.45) is 5.00. The molecule has 0 atom stereocenters. The number of benzene rings is 1. The van der Waals surface area contributed by atoms with Gasteiger partial charge in [0, 0.05) is 24.9 Å². The topological polar surface area (TPSA) is 99.3 Å². The van der Waals surface area contributed by atoms with Crippen molar-refractivity contribution in [3.05, 3.63) is 29.3 Å². The van der Waals surface area contributed by atoms with Crippen LogP contribution in [0.15, 0.2) is 18.2 Å². The number of carbonyl (C=O) groups is 3. The molecule has 0 unspecified atom stereocenters. The van der Waals surface area contributed by atoms with Crippen molar-refractivity contribution in [2.24, 2.45) is 5.92 Å². The summed E-state index contributed by atoms with van der Waals surface area (Å²) in [6, 6.07) is 5.65. The minimum Gasteiger partial charge on any atom is -0.326 e. The van der Waals surface area contributed by atoms with Crippen molar-refractivity contribution >= 4 is 40.7 Å². The van der Waals surface area contributed by atoms with E-state index in [1.54, 1.807) is 0 Å². The normalized spacial score (nSPS) is 13.6. The van der Waals surface area contributed by atoms with Crippen molar-refractivity contribution in [1.29, 1.82) is 0 Å². The molecule has 0 spiro atoms. The van der Waals surface area contributed by atoms with Crippen molar-refractivity contribution in [3.8, 4) is 0 Å². The van der Waals surface area contributed by atoms with Gasteiger partial charge in [0.1, 0.15) is 0 Å². The summed E-state index contributed by atoms with van der Waals surface area (Å²) >= 11 is 5.00. The Morgan fingerprint density at radius 1 is 0.964 bits per heavy atom. The van der Waals surface area contributed by atoms with Gasteiger partial charge in [-0.3, -0.25) is 25.2 Å². The lowest BCUT2D eigenvalue weighted by molar-refractivity contribution is -0.124. The van der Waals surface area contributed by atoms with Crippen LogP contribution in [-0.4, -0.2) is 22.8 Å². The fourth-order valence-corrected chi connectivity index (χ4v) is 3.31. The quantitative estimate of drug-likeness (QED) is 0.431. The van der Waals surface area contributed by atoms with E-state index in [0.29, 0.717) is 18.0 Å². The van der Waals surface area contributed by atoms with E-state index in [1.807, 2.05) is 32.0 Å². The zero-order valence-electron chi connectivity index (χ0n) is 16.4. The van der Waals surface area contributed by atoms with Gasteiger partial charge in [-0.2, -0.15) is 0 Å². The number of hydrazine groups is 1. The number of anilines is 1. The van der Waals surface area contributed by atoms with Crippen molar-refractivity contribution in [3.63, 3.8) is 0 Å². The number of thiocarbonyl (C=S) groups is 1. The van der Waals surface area contributed by atoms with Gasteiger partial charge in [0.15, 0.2) is 5.11 Å². The Hall–Kier alpha value is -2.48. The third-order valence-electron chi connectivity index (χ3n) is 4.89. The van der Waals surface area contributed by atoms with Gasteiger partial charge in [-0.25, -0.2) is 0 Å².